The van der Waals surface area contributed by atoms with Crippen molar-refractivity contribution in [3.8, 4) is 0 Å². The Kier molecular flexibility index (Phi) is 4.24. The third-order valence-electron chi connectivity index (χ3n) is 2.67. The molecule has 1 N–H and O–H groups in total. The van der Waals surface area contributed by atoms with Crippen LogP contribution in [0.4, 0.5) is 0 Å². The van der Waals surface area contributed by atoms with Gasteiger partial charge in [0, 0.05) is 5.02 Å². The van der Waals surface area contributed by atoms with Crippen molar-refractivity contribution in [2.24, 2.45) is 0 Å². The summed E-state index contributed by atoms with van der Waals surface area (Å²) in [6.07, 6.45) is 2.58. The van der Waals surface area contributed by atoms with Gasteiger partial charge in [0.1, 0.15) is 5.76 Å². The van der Waals surface area contributed by atoms with Crippen LogP contribution in [-0.2, 0) is 6.42 Å². The predicted molar refractivity (Wildman–Crippen MR) is 70.3 cm³/mol. The maximum absolute atomic E-state index is 5.99. The maximum Gasteiger partial charge on any atom is 0.121 e. The van der Waals surface area contributed by atoms with Gasteiger partial charge in [-0.25, -0.2) is 0 Å². The predicted octanol–water partition coefficient (Wildman–Crippen LogP) is 3.83. The van der Waals surface area contributed by atoms with Crippen molar-refractivity contribution < 1.29 is 4.42 Å². The molecular weight excluding hydrogens is 234 g/mol. The number of nitrogens with one attached hydrogen (secondary N) is 1. The molecule has 90 valence electrons. The molecule has 1 aromatic carbocycles. The van der Waals surface area contributed by atoms with Crippen LogP contribution in [0.2, 0.25) is 5.02 Å². The molecule has 17 heavy (non-hydrogen) atoms. The third-order valence-corrected chi connectivity index (χ3v) is 2.90. The lowest BCUT2D eigenvalue weighted by atomic mass is 10.0. The molecule has 1 heterocycles. The Balaban J connectivity index is 2.13. The van der Waals surface area contributed by atoms with E-state index in [1.54, 1.807) is 6.26 Å². The number of hydrogen-bond acceptors (Lipinski definition) is 2. The molecule has 0 amide bonds. The van der Waals surface area contributed by atoms with E-state index in [1.807, 2.05) is 30.3 Å². The van der Waals surface area contributed by atoms with Crippen molar-refractivity contribution in [2.75, 3.05) is 6.54 Å². The summed E-state index contributed by atoms with van der Waals surface area (Å²) in [4.78, 5) is 0. The minimum absolute atomic E-state index is 0.202. The highest BCUT2D eigenvalue weighted by Gasteiger charge is 2.13. The molecule has 1 aromatic heterocycles. The van der Waals surface area contributed by atoms with Crippen molar-refractivity contribution in [1.82, 2.24) is 5.32 Å². The summed E-state index contributed by atoms with van der Waals surface area (Å²) >= 11 is 5.99. The molecule has 0 aliphatic carbocycles. The average molecular weight is 250 g/mol. The van der Waals surface area contributed by atoms with Crippen LogP contribution in [0.15, 0.2) is 47.1 Å². The monoisotopic (exact) mass is 249 g/mol. The first-order valence-corrected chi connectivity index (χ1v) is 6.18. The van der Waals surface area contributed by atoms with E-state index in [2.05, 4.69) is 18.3 Å². The minimum Gasteiger partial charge on any atom is -0.468 e. The molecule has 0 saturated heterocycles. The highest BCUT2D eigenvalue weighted by atomic mass is 35.5. The van der Waals surface area contributed by atoms with Crippen LogP contribution in [0.1, 0.15) is 24.3 Å². The molecule has 0 fully saturated rings. The van der Waals surface area contributed by atoms with E-state index in [1.165, 1.54) is 5.56 Å². The summed E-state index contributed by atoms with van der Waals surface area (Å²) in [6, 6.07) is 12.1. The molecule has 0 aliphatic heterocycles. The van der Waals surface area contributed by atoms with Crippen molar-refractivity contribution in [3.05, 3.63) is 59.0 Å². The molecule has 2 rings (SSSR count). The number of likely N-dealkylation sites (N-methyl/N-ethyl adjacent to an activating group) is 1. The Hall–Kier alpha value is -1.25. The summed E-state index contributed by atoms with van der Waals surface area (Å²) in [5, 5.41) is 4.19. The summed E-state index contributed by atoms with van der Waals surface area (Å²) in [5.74, 6) is 0.965. The SMILES string of the molecule is CCNC(Cc1cccc(Cl)c1)c1ccco1. The van der Waals surface area contributed by atoms with Gasteiger partial charge in [0.05, 0.1) is 12.3 Å². The topological polar surface area (TPSA) is 25.2 Å². The molecule has 0 radical (unpaired) electrons. The van der Waals surface area contributed by atoms with Crippen LogP contribution in [0, 0.1) is 0 Å². The quantitative estimate of drug-likeness (QED) is 0.871. The van der Waals surface area contributed by atoms with E-state index in [0.29, 0.717) is 0 Å². The molecule has 0 aliphatic rings. The lowest BCUT2D eigenvalue weighted by molar-refractivity contribution is 0.416. The van der Waals surface area contributed by atoms with Crippen LogP contribution in [0.25, 0.3) is 0 Å². The van der Waals surface area contributed by atoms with Gasteiger partial charge >= 0.3 is 0 Å². The van der Waals surface area contributed by atoms with Gasteiger partial charge in [-0.1, -0.05) is 30.7 Å². The van der Waals surface area contributed by atoms with Crippen molar-refractivity contribution in [1.29, 1.82) is 0 Å². The Bertz CT molecular complexity index is 453. The lowest BCUT2D eigenvalue weighted by Crippen LogP contribution is -2.22. The number of benzene rings is 1. The number of hydrogen-bond donors (Lipinski definition) is 1. The first kappa shape index (κ1) is 12.2. The molecule has 1 unspecified atom stereocenters. The smallest absolute Gasteiger partial charge is 0.121 e. The van der Waals surface area contributed by atoms with Crippen LogP contribution in [0.5, 0.6) is 0 Å². The zero-order chi connectivity index (χ0) is 12.1. The van der Waals surface area contributed by atoms with Gasteiger partial charge in [-0.15, -0.1) is 0 Å². The summed E-state index contributed by atoms with van der Waals surface area (Å²) in [7, 11) is 0. The Morgan fingerprint density at radius 1 is 1.29 bits per heavy atom. The van der Waals surface area contributed by atoms with Gasteiger partial charge in [0.15, 0.2) is 0 Å². The van der Waals surface area contributed by atoms with Gasteiger partial charge in [-0.2, -0.15) is 0 Å². The highest BCUT2D eigenvalue weighted by Crippen LogP contribution is 2.20. The second kappa shape index (κ2) is 5.89. The van der Waals surface area contributed by atoms with E-state index in [-0.39, 0.29) is 6.04 Å². The summed E-state index contributed by atoms with van der Waals surface area (Å²) < 4.78 is 5.46. The molecule has 0 saturated carbocycles. The Morgan fingerprint density at radius 2 is 2.18 bits per heavy atom. The van der Waals surface area contributed by atoms with E-state index in [4.69, 9.17) is 16.0 Å². The average Bonchev–Trinajstić information content (AvgIpc) is 2.82. The number of furan rings is 1. The molecule has 2 aromatic rings. The fourth-order valence-corrected chi connectivity index (χ4v) is 2.12. The van der Waals surface area contributed by atoms with Crippen molar-refractivity contribution >= 4 is 11.6 Å². The zero-order valence-electron chi connectivity index (χ0n) is 9.82. The van der Waals surface area contributed by atoms with Crippen molar-refractivity contribution in [2.45, 2.75) is 19.4 Å². The number of halogens is 1. The standard InChI is InChI=1S/C14H16ClNO/c1-2-16-13(14-7-4-8-17-14)10-11-5-3-6-12(15)9-11/h3-9,13,16H,2,10H2,1H3. The second-order valence-corrected chi connectivity index (χ2v) is 4.40. The summed E-state index contributed by atoms with van der Waals surface area (Å²) in [6.45, 7) is 3.00. The van der Waals surface area contributed by atoms with Gasteiger partial charge in [0.2, 0.25) is 0 Å². The van der Waals surface area contributed by atoms with Crippen LogP contribution >= 0.6 is 11.6 Å². The molecule has 0 bridgehead atoms. The van der Waals surface area contributed by atoms with Crippen molar-refractivity contribution in [3.63, 3.8) is 0 Å². The van der Waals surface area contributed by atoms with Gasteiger partial charge in [-0.3, -0.25) is 0 Å². The molecule has 0 spiro atoms. The molecule has 2 nitrogen and oxygen atoms in total. The normalized spacial score (nSPS) is 12.6. The fraction of sp³-hybridized carbons (Fsp3) is 0.286. The zero-order valence-corrected chi connectivity index (χ0v) is 10.6. The molecule has 3 heteroatoms. The first-order valence-electron chi connectivity index (χ1n) is 5.81. The Labute approximate surface area is 107 Å². The lowest BCUT2D eigenvalue weighted by Gasteiger charge is -2.15. The van der Waals surface area contributed by atoms with E-state index >= 15 is 0 Å². The van der Waals surface area contributed by atoms with Gasteiger partial charge in [-0.05, 0) is 42.8 Å². The van der Waals surface area contributed by atoms with Crippen LogP contribution in [-0.4, -0.2) is 6.54 Å². The molecule has 1 atom stereocenters. The largest absolute Gasteiger partial charge is 0.468 e. The van der Waals surface area contributed by atoms with E-state index < -0.39 is 0 Å². The van der Waals surface area contributed by atoms with Gasteiger partial charge < -0.3 is 9.73 Å². The third kappa shape index (κ3) is 3.35. The fourth-order valence-electron chi connectivity index (χ4n) is 1.91. The Morgan fingerprint density at radius 3 is 2.82 bits per heavy atom. The second-order valence-electron chi connectivity index (χ2n) is 3.96. The van der Waals surface area contributed by atoms with Gasteiger partial charge in [0.25, 0.3) is 0 Å². The number of rotatable bonds is 5. The summed E-state index contributed by atoms with van der Waals surface area (Å²) in [5.41, 5.74) is 1.21. The molecular formula is C14H16ClNO. The maximum atomic E-state index is 5.99. The van der Waals surface area contributed by atoms with Crippen LogP contribution in [0.3, 0.4) is 0 Å². The van der Waals surface area contributed by atoms with Crippen LogP contribution < -0.4 is 5.32 Å². The first-order chi connectivity index (χ1) is 8.29. The highest BCUT2D eigenvalue weighted by molar-refractivity contribution is 6.30. The van der Waals surface area contributed by atoms with E-state index in [9.17, 15) is 0 Å². The van der Waals surface area contributed by atoms with E-state index in [0.717, 1.165) is 23.7 Å². The minimum atomic E-state index is 0.202.